The number of imide groups is 1. The summed E-state index contributed by atoms with van der Waals surface area (Å²) >= 11 is 5.66. The van der Waals surface area contributed by atoms with Gasteiger partial charge in [-0.2, -0.15) is 0 Å². The van der Waals surface area contributed by atoms with Gasteiger partial charge in [0.2, 0.25) is 0 Å². The van der Waals surface area contributed by atoms with Gasteiger partial charge in [-0.1, -0.05) is 19.1 Å². The maximum absolute atomic E-state index is 13.8. The summed E-state index contributed by atoms with van der Waals surface area (Å²) in [6, 6.07) is 20.4. The van der Waals surface area contributed by atoms with Crippen molar-refractivity contribution in [1.29, 1.82) is 0 Å². The van der Waals surface area contributed by atoms with Gasteiger partial charge in [0, 0.05) is 17.3 Å². The molecular formula is C39H33F3I3N5O8. The van der Waals surface area contributed by atoms with Crippen LogP contribution in [0.3, 0.4) is 0 Å². The fourth-order valence-electron chi connectivity index (χ4n) is 6.19. The lowest BCUT2D eigenvalue weighted by atomic mass is 10.1. The monoisotopic (exact) mass is 1140 g/mol. The van der Waals surface area contributed by atoms with Gasteiger partial charge in [0.15, 0.2) is 0 Å². The van der Waals surface area contributed by atoms with Crippen LogP contribution in [-0.2, 0) is 14.2 Å². The molecule has 4 aliphatic heterocycles. The van der Waals surface area contributed by atoms with Crippen molar-refractivity contribution in [2.24, 2.45) is 5.73 Å². The summed E-state index contributed by atoms with van der Waals surface area (Å²) in [7, 11) is 0. The van der Waals surface area contributed by atoms with Crippen LogP contribution in [0.2, 0.25) is 0 Å². The Labute approximate surface area is 371 Å². The predicted octanol–water partition coefficient (Wildman–Crippen LogP) is 7.93. The lowest BCUT2D eigenvalue weighted by molar-refractivity contribution is 0.0558. The van der Waals surface area contributed by atoms with E-state index in [-0.39, 0.29) is 43.5 Å². The number of cyclic esters (lactones) is 3. The molecule has 0 aromatic heterocycles. The summed E-state index contributed by atoms with van der Waals surface area (Å²) in [4.78, 5) is 65.2. The second-order valence-corrected chi connectivity index (χ2v) is 16.5. The highest BCUT2D eigenvalue weighted by atomic mass is 127. The molecular weight excluding hydrogens is 1100 g/mol. The zero-order valence-electron chi connectivity index (χ0n) is 30.4. The van der Waals surface area contributed by atoms with Crippen LogP contribution in [0.15, 0.2) is 78.9 Å². The lowest BCUT2D eigenvalue weighted by Gasteiger charge is -2.17. The van der Waals surface area contributed by atoms with E-state index >= 15 is 0 Å². The van der Waals surface area contributed by atoms with Crippen molar-refractivity contribution in [3.8, 4) is 0 Å². The van der Waals surface area contributed by atoms with Crippen molar-refractivity contribution in [2.45, 2.75) is 31.7 Å². The minimum Gasteiger partial charge on any atom is -0.444 e. The van der Waals surface area contributed by atoms with Crippen LogP contribution >= 0.6 is 67.8 Å². The summed E-state index contributed by atoms with van der Waals surface area (Å²) in [5, 5.41) is 0. The van der Waals surface area contributed by atoms with Gasteiger partial charge in [-0.15, -0.1) is 0 Å². The number of carbonyl (C=O) groups is 5. The molecule has 0 unspecified atom stereocenters. The van der Waals surface area contributed by atoms with Crippen LogP contribution < -0.4 is 20.4 Å². The van der Waals surface area contributed by atoms with Crippen molar-refractivity contribution in [3.63, 3.8) is 0 Å². The quantitative estimate of drug-likeness (QED) is 0.111. The number of benzene rings is 4. The number of fused-ring (bicyclic) bond motifs is 1. The lowest BCUT2D eigenvalue weighted by Crippen LogP contribution is -2.38. The molecule has 0 spiro atoms. The maximum atomic E-state index is 13.8. The van der Waals surface area contributed by atoms with Gasteiger partial charge in [0.1, 0.15) is 35.8 Å². The first kappa shape index (κ1) is 43.4. The molecule has 0 radical (unpaired) electrons. The summed E-state index contributed by atoms with van der Waals surface area (Å²) < 4.78 is 57.3. The molecule has 0 bridgehead atoms. The first-order valence-corrected chi connectivity index (χ1v) is 20.9. The number of nitrogens with zero attached hydrogens (tertiary/aromatic N) is 4. The Morgan fingerprint density at radius 2 is 0.948 bits per heavy atom. The first-order valence-electron chi connectivity index (χ1n) is 17.6. The molecule has 4 aliphatic rings. The van der Waals surface area contributed by atoms with Crippen molar-refractivity contribution in [1.82, 2.24) is 4.90 Å². The fourth-order valence-corrected chi connectivity index (χ4v) is 7.20. The number of halogens is 6. The van der Waals surface area contributed by atoms with Crippen LogP contribution in [0, 0.1) is 28.2 Å². The highest BCUT2D eigenvalue weighted by Crippen LogP contribution is 2.29. The third-order valence-corrected chi connectivity index (χ3v) is 11.9. The summed E-state index contributed by atoms with van der Waals surface area (Å²) in [5.74, 6) is -1.89. The number of nitrogens with two attached hydrogens (primary N) is 1. The second kappa shape index (κ2) is 18.8. The molecule has 4 aromatic rings. The highest BCUT2D eigenvalue weighted by Gasteiger charge is 2.41. The fraction of sp³-hybridized carbons (Fsp3) is 0.256. The van der Waals surface area contributed by atoms with Crippen LogP contribution in [0.5, 0.6) is 0 Å². The zero-order valence-corrected chi connectivity index (χ0v) is 36.9. The van der Waals surface area contributed by atoms with Crippen molar-refractivity contribution in [3.05, 3.63) is 118 Å². The van der Waals surface area contributed by atoms with Crippen LogP contribution in [0.25, 0.3) is 0 Å². The minimum atomic E-state index is -0.674. The summed E-state index contributed by atoms with van der Waals surface area (Å²) in [5.41, 5.74) is 7.53. The smallest absolute Gasteiger partial charge is 0.414 e. The van der Waals surface area contributed by atoms with Gasteiger partial charge in [-0.05, 0) is 141 Å². The van der Waals surface area contributed by atoms with E-state index in [2.05, 4.69) is 0 Å². The summed E-state index contributed by atoms with van der Waals surface area (Å²) in [6.45, 7) is 3.18. The van der Waals surface area contributed by atoms with Crippen molar-refractivity contribution in [2.75, 3.05) is 47.4 Å². The average molecular weight is 1140 g/mol. The highest BCUT2D eigenvalue weighted by molar-refractivity contribution is 14.1. The number of anilines is 3. The molecule has 13 nitrogen and oxygen atoms in total. The largest absolute Gasteiger partial charge is 0.444 e. The molecule has 19 heteroatoms. The van der Waals surface area contributed by atoms with E-state index in [0.29, 0.717) is 52.0 Å². The second-order valence-electron chi connectivity index (χ2n) is 13.1. The van der Waals surface area contributed by atoms with Gasteiger partial charge < -0.3 is 19.9 Å². The topological polar surface area (TPSA) is 152 Å². The molecule has 5 amide bonds. The number of hydrogen-bond acceptors (Lipinski definition) is 9. The third kappa shape index (κ3) is 9.62. The van der Waals surface area contributed by atoms with Crippen LogP contribution in [0.4, 0.5) is 44.6 Å². The predicted molar refractivity (Wildman–Crippen MR) is 231 cm³/mol. The molecule has 3 atom stereocenters. The van der Waals surface area contributed by atoms with Gasteiger partial charge in [-0.25, -0.2) is 27.6 Å². The van der Waals surface area contributed by atoms with E-state index in [1.807, 2.05) is 74.7 Å². The van der Waals surface area contributed by atoms with Gasteiger partial charge in [-0.3, -0.25) is 29.2 Å². The van der Waals surface area contributed by atoms with E-state index in [1.165, 1.54) is 32.9 Å². The van der Waals surface area contributed by atoms with Gasteiger partial charge in [0.05, 0.1) is 54.4 Å². The Hall–Kier alpha value is -4.23. The molecule has 4 aromatic carbocycles. The van der Waals surface area contributed by atoms with E-state index < -0.39 is 42.0 Å². The summed E-state index contributed by atoms with van der Waals surface area (Å²) in [6.07, 6.45) is -1.80. The molecule has 4 heterocycles. The maximum Gasteiger partial charge on any atom is 0.414 e. The van der Waals surface area contributed by atoms with Gasteiger partial charge >= 0.3 is 18.3 Å². The van der Waals surface area contributed by atoms with E-state index in [4.69, 9.17) is 19.9 Å². The van der Waals surface area contributed by atoms with E-state index in [9.17, 15) is 37.1 Å². The zero-order chi connectivity index (χ0) is 41.8. The molecule has 3 fully saturated rings. The molecule has 304 valence electrons. The number of carbonyl (C=O) groups excluding carboxylic acids is 5. The molecule has 58 heavy (non-hydrogen) atoms. The van der Waals surface area contributed by atoms with Gasteiger partial charge in [0.25, 0.3) is 11.8 Å². The molecule has 8 rings (SSSR count). The number of rotatable bonds is 7. The van der Waals surface area contributed by atoms with E-state index in [0.717, 1.165) is 11.3 Å². The number of ether oxygens (including phenoxy) is 3. The molecule has 2 N–H and O–H groups in total. The Morgan fingerprint density at radius 3 is 1.29 bits per heavy atom. The average Bonchev–Trinajstić information content (AvgIpc) is 3.96. The standard InChI is InChI=1S/C18H12FIN2O4.C11H11FINO2.C10H10FIN2O2/c19-14-7-10(5-6-15(14)20)21-8-11(26-18(21)25)9-22-16(23)12-3-1-2-4-13(12)17(22)24;1-2-8-6-14(11(15)16-8)7-3-4-10(13)9(12)5-7;11-8-3-6(1-2-9(8)12)14-5-7(4-13)16-10(14)15/h1-7,11H,8-9H2;3-5,8H,2,6H2,1H3;1-3,7H,4-5,13H2/t11-;8-;7-/m100/s1. The Bertz CT molecular complexity index is 2160. The van der Waals surface area contributed by atoms with Crippen LogP contribution in [0.1, 0.15) is 34.1 Å². The number of amides is 5. The third-order valence-electron chi connectivity index (χ3n) is 9.25. The normalized spacial score (nSPS) is 19.7. The number of hydrogen-bond donors (Lipinski definition) is 1. The van der Waals surface area contributed by atoms with Crippen LogP contribution in [-0.4, -0.2) is 86.0 Å². The Balaban J connectivity index is 0.000000154. The minimum absolute atomic E-state index is 0.0402. The Morgan fingerprint density at radius 1 is 0.586 bits per heavy atom. The molecule has 0 saturated carbocycles. The van der Waals surface area contributed by atoms with E-state index in [1.54, 1.807) is 60.7 Å². The Kier molecular flexibility index (Phi) is 14.0. The molecule has 0 aliphatic carbocycles. The SMILES string of the molecule is CC[C@H]1CN(c2ccc(I)c(F)c2)C(=O)O1.NC[C@H]1CN(c2ccc(I)c(F)c2)C(=O)O1.O=C1c2ccccc2C(=O)N1C[C@H]1CN(c2ccc(I)c(F)c2)C(=O)O1. The first-order chi connectivity index (χ1) is 27.7. The van der Waals surface area contributed by atoms with Crippen molar-refractivity contribution < 1.29 is 51.4 Å². The van der Waals surface area contributed by atoms with Crippen molar-refractivity contribution >= 4 is 115 Å². The molecule has 3 saturated heterocycles.